The van der Waals surface area contributed by atoms with Crippen molar-refractivity contribution in [2.75, 3.05) is 19.6 Å². The Labute approximate surface area is 108 Å². The number of hydrogen-bond acceptors (Lipinski definition) is 3. The van der Waals surface area contributed by atoms with E-state index in [1.807, 2.05) is 35.2 Å². The molecule has 0 unspecified atom stereocenters. The molecule has 1 saturated heterocycles. The fourth-order valence-electron chi connectivity index (χ4n) is 2.50. The van der Waals surface area contributed by atoms with Gasteiger partial charge in [-0.05, 0) is 18.4 Å². The summed E-state index contributed by atoms with van der Waals surface area (Å²) in [4.78, 5) is 14.3. The summed E-state index contributed by atoms with van der Waals surface area (Å²) >= 11 is 0. The number of rotatable bonds is 3. The number of nitrogens with zero attached hydrogens (tertiary/aromatic N) is 1. The first-order chi connectivity index (χ1) is 8.72. The van der Waals surface area contributed by atoms with Crippen molar-refractivity contribution in [3.05, 3.63) is 35.9 Å². The van der Waals surface area contributed by atoms with Crippen molar-refractivity contribution >= 4 is 5.91 Å². The maximum absolute atomic E-state index is 12.5. The number of amides is 1. The van der Waals surface area contributed by atoms with Crippen LogP contribution in [-0.2, 0) is 4.79 Å². The average Bonchev–Trinajstić information content (AvgIpc) is 2.41. The molecular formula is C14H21N3O. The molecule has 4 nitrogen and oxygen atoms in total. The minimum absolute atomic E-state index is 0.108. The molecule has 1 aliphatic heterocycles. The zero-order chi connectivity index (χ0) is 13.0. The Hall–Kier alpha value is -1.39. The molecular weight excluding hydrogens is 226 g/mol. The van der Waals surface area contributed by atoms with Crippen LogP contribution in [0.25, 0.3) is 0 Å². The van der Waals surface area contributed by atoms with Crippen molar-refractivity contribution in [2.24, 2.45) is 11.5 Å². The molecule has 1 amide bonds. The lowest BCUT2D eigenvalue weighted by Crippen LogP contribution is -2.48. The Kier molecular flexibility index (Phi) is 4.33. The molecule has 18 heavy (non-hydrogen) atoms. The Morgan fingerprint density at radius 2 is 2.11 bits per heavy atom. The molecule has 0 aromatic heterocycles. The zero-order valence-corrected chi connectivity index (χ0v) is 10.6. The van der Waals surface area contributed by atoms with Crippen LogP contribution in [0.4, 0.5) is 0 Å². The molecule has 4 N–H and O–H groups in total. The van der Waals surface area contributed by atoms with Crippen molar-refractivity contribution in [1.29, 1.82) is 0 Å². The van der Waals surface area contributed by atoms with Crippen LogP contribution >= 0.6 is 0 Å². The Morgan fingerprint density at radius 1 is 1.39 bits per heavy atom. The molecule has 1 fully saturated rings. The van der Waals surface area contributed by atoms with Gasteiger partial charge in [-0.15, -0.1) is 0 Å². The second-order valence-corrected chi connectivity index (χ2v) is 4.89. The molecule has 1 aromatic rings. The summed E-state index contributed by atoms with van der Waals surface area (Å²) in [6.07, 6.45) is 1.99. The second-order valence-electron chi connectivity index (χ2n) is 4.89. The summed E-state index contributed by atoms with van der Waals surface area (Å²) in [5.74, 6) is -0.129. The third-order valence-electron chi connectivity index (χ3n) is 3.51. The van der Waals surface area contributed by atoms with Crippen LogP contribution in [0.5, 0.6) is 0 Å². The first-order valence-electron chi connectivity index (χ1n) is 6.51. The van der Waals surface area contributed by atoms with Crippen molar-refractivity contribution in [3.8, 4) is 0 Å². The number of carbonyl (C=O) groups is 1. The summed E-state index contributed by atoms with van der Waals surface area (Å²) < 4.78 is 0. The Morgan fingerprint density at radius 3 is 2.72 bits per heavy atom. The van der Waals surface area contributed by atoms with E-state index < -0.39 is 0 Å². The molecule has 0 bridgehead atoms. The minimum atomic E-state index is -0.239. The van der Waals surface area contributed by atoms with E-state index in [2.05, 4.69) is 0 Å². The maximum Gasteiger partial charge on any atom is 0.231 e. The highest BCUT2D eigenvalue weighted by atomic mass is 16.2. The minimum Gasteiger partial charge on any atom is -0.341 e. The van der Waals surface area contributed by atoms with Crippen molar-refractivity contribution < 1.29 is 4.79 Å². The van der Waals surface area contributed by atoms with Gasteiger partial charge in [-0.3, -0.25) is 4.79 Å². The van der Waals surface area contributed by atoms with E-state index in [0.717, 1.165) is 24.9 Å². The fourth-order valence-corrected chi connectivity index (χ4v) is 2.50. The van der Waals surface area contributed by atoms with Crippen molar-refractivity contribution in [1.82, 2.24) is 4.90 Å². The van der Waals surface area contributed by atoms with Gasteiger partial charge < -0.3 is 16.4 Å². The van der Waals surface area contributed by atoms with E-state index in [4.69, 9.17) is 11.5 Å². The van der Waals surface area contributed by atoms with Gasteiger partial charge in [-0.2, -0.15) is 0 Å². The molecule has 1 aromatic carbocycles. The topological polar surface area (TPSA) is 72.4 Å². The summed E-state index contributed by atoms with van der Waals surface area (Å²) in [6, 6.07) is 9.84. The third kappa shape index (κ3) is 2.89. The third-order valence-corrected chi connectivity index (χ3v) is 3.51. The Balaban J connectivity index is 2.10. The van der Waals surface area contributed by atoms with Crippen LogP contribution in [0, 0.1) is 0 Å². The van der Waals surface area contributed by atoms with E-state index in [0.29, 0.717) is 13.1 Å². The van der Waals surface area contributed by atoms with Crippen molar-refractivity contribution in [3.63, 3.8) is 0 Å². The van der Waals surface area contributed by atoms with Gasteiger partial charge in [0.2, 0.25) is 5.91 Å². The molecule has 2 atom stereocenters. The fraction of sp³-hybridized carbons (Fsp3) is 0.500. The largest absolute Gasteiger partial charge is 0.341 e. The number of likely N-dealkylation sites (tertiary alicyclic amines) is 1. The summed E-state index contributed by atoms with van der Waals surface area (Å²) in [5, 5.41) is 0. The number of hydrogen-bond donors (Lipinski definition) is 2. The maximum atomic E-state index is 12.5. The number of carbonyl (C=O) groups excluding carboxylic acids is 1. The lowest BCUT2D eigenvalue weighted by molar-refractivity contribution is -0.133. The quantitative estimate of drug-likeness (QED) is 0.825. The number of piperidine rings is 1. The molecule has 0 spiro atoms. The molecule has 1 heterocycles. The van der Waals surface area contributed by atoms with Crippen LogP contribution in [0.15, 0.2) is 30.3 Å². The summed E-state index contributed by atoms with van der Waals surface area (Å²) in [6.45, 7) is 1.80. The molecule has 1 aliphatic rings. The van der Waals surface area contributed by atoms with Crippen LogP contribution in [0.2, 0.25) is 0 Å². The van der Waals surface area contributed by atoms with Crippen LogP contribution in [0.3, 0.4) is 0 Å². The highest BCUT2D eigenvalue weighted by Crippen LogP contribution is 2.19. The monoisotopic (exact) mass is 247 g/mol. The Bertz CT molecular complexity index is 393. The van der Waals surface area contributed by atoms with Crippen LogP contribution in [0.1, 0.15) is 24.3 Å². The van der Waals surface area contributed by atoms with Gasteiger partial charge in [-0.1, -0.05) is 30.3 Å². The van der Waals surface area contributed by atoms with Gasteiger partial charge in [0, 0.05) is 25.7 Å². The SMILES string of the molecule is NC[C@@H](C(=O)N1CCC[C@@H](N)C1)c1ccccc1. The lowest BCUT2D eigenvalue weighted by Gasteiger charge is -2.33. The summed E-state index contributed by atoms with van der Waals surface area (Å²) in [5.41, 5.74) is 12.7. The first kappa shape index (κ1) is 13.1. The second kappa shape index (κ2) is 5.98. The molecule has 98 valence electrons. The molecule has 0 radical (unpaired) electrons. The first-order valence-corrected chi connectivity index (χ1v) is 6.51. The molecule has 0 saturated carbocycles. The number of nitrogens with two attached hydrogens (primary N) is 2. The van der Waals surface area contributed by atoms with Gasteiger partial charge in [0.05, 0.1) is 5.92 Å². The molecule has 2 rings (SSSR count). The van der Waals surface area contributed by atoms with Gasteiger partial charge in [0.25, 0.3) is 0 Å². The predicted octanol–water partition coefficient (Wildman–Crippen LogP) is 0.679. The van der Waals surface area contributed by atoms with Gasteiger partial charge in [-0.25, -0.2) is 0 Å². The zero-order valence-electron chi connectivity index (χ0n) is 10.6. The summed E-state index contributed by atoms with van der Waals surface area (Å²) in [7, 11) is 0. The van der Waals surface area contributed by atoms with E-state index in [9.17, 15) is 4.79 Å². The standard InChI is InChI=1S/C14H21N3O/c15-9-13(11-5-2-1-3-6-11)14(18)17-8-4-7-12(16)10-17/h1-3,5-6,12-13H,4,7-10,15-16H2/t12-,13-/m1/s1. The van der Waals surface area contributed by atoms with E-state index in [1.165, 1.54) is 0 Å². The van der Waals surface area contributed by atoms with E-state index in [-0.39, 0.29) is 17.9 Å². The smallest absolute Gasteiger partial charge is 0.231 e. The predicted molar refractivity (Wildman–Crippen MR) is 72.0 cm³/mol. The highest BCUT2D eigenvalue weighted by molar-refractivity contribution is 5.84. The number of benzene rings is 1. The molecule has 4 heteroatoms. The van der Waals surface area contributed by atoms with Crippen LogP contribution in [-0.4, -0.2) is 36.5 Å². The van der Waals surface area contributed by atoms with Gasteiger partial charge in [0.15, 0.2) is 0 Å². The van der Waals surface area contributed by atoms with Crippen molar-refractivity contribution in [2.45, 2.75) is 24.8 Å². The van der Waals surface area contributed by atoms with E-state index in [1.54, 1.807) is 0 Å². The van der Waals surface area contributed by atoms with Gasteiger partial charge in [0.1, 0.15) is 0 Å². The normalized spacial score (nSPS) is 21.7. The molecule has 0 aliphatic carbocycles. The van der Waals surface area contributed by atoms with E-state index >= 15 is 0 Å². The van der Waals surface area contributed by atoms with Crippen LogP contribution < -0.4 is 11.5 Å². The highest BCUT2D eigenvalue weighted by Gasteiger charge is 2.27. The van der Waals surface area contributed by atoms with Gasteiger partial charge >= 0.3 is 0 Å². The average molecular weight is 247 g/mol. The lowest BCUT2D eigenvalue weighted by atomic mass is 9.96.